The molecule has 4 heteroatoms. The summed E-state index contributed by atoms with van der Waals surface area (Å²) in [5, 5.41) is 3.48. The van der Waals surface area contributed by atoms with Crippen molar-refractivity contribution in [3.05, 3.63) is 0 Å². The molecule has 1 aliphatic rings. The van der Waals surface area contributed by atoms with Crippen molar-refractivity contribution in [3.63, 3.8) is 0 Å². The van der Waals surface area contributed by atoms with Crippen molar-refractivity contribution >= 4 is 5.97 Å². The number of hydrogen-bond acceptors (Lipinski definition) is 4. The number of nitrogens with one attached hydrogen (secondary N) is 1. The average molecular weight is 256 g/mol. The van der Waals surface area contributed by atoms with Crippen LogP contribution in [0.4, 0.5) is 0 Å². The largest absolute Gasteiger partial charge is 0.468 e. The van der Waals surface area contributed by atoms with E-state index in [4.69, 9.17) is 4.74 Å². The smallest absolute Gasteiger partial charge is 0.327 e. The second-order valence-electron chi connectivity index (χ2n) is 5.77. The van der Waals surface area contributed by atoms with Gasteiger partial charge in [0.05, 0.1) is 7.11 Å². The summed E-state index contributed by atoms with van der Waals surface area (Å²) in [6.07, 6.45) is 3.34. The van der Waals surface area contributed by atoms with Crippen LogP contribution in [0.5, 0.6) is 0 Å². The average Bonchev–Trinajstić information content (AvgIpc) is 3.10. The molecule has 1 saturated carbocycles. The van der Waals surface area contributed by atoms with E-state index < -0.39 is 5.54 Å². The summed E-state index contributed by atoms with van der Waals surface area (Å²) in [5.41, 5.74) is -0.521. The standard InChI is InChI=1S/C14H28N2O2/c1-6-9-16(4)10-14(12-7-8-12,13(17)18-5)15-11(2)3/h11-12,15H,6-10H2,1-5H3. The first-order valence-corrected chi connectivity index (χ1v) is 7.01. The van der Waals surface area contributed by atoms with Crippen molar-refractivity contribution in [2.24, 2.45) is 5.92 Å². The molecule has 0 amide bonds. The van der Waals surface area contributed by atoms with Crippen LogP contribution in [0.3, 0.4) is 0 Å². The number of hydrogen-bond donors (Lipinski definition) is 1. The Kier molecular flexibility index (Phi) is 5.60. The Balaban J connectivity index is 2.85. The molecule has 0 radical (unpaired) electrons. The van der Waals surface area contributed by atoms with E-state index in [-0.39, 0.29) is 12.0 Å². The zero-order valence-corrected chi connectivity index (χ0v) is 12.5. The van der Waals surface area contributed by atoms with E-state index in [1.165, 1.54) is 7.11 Å². The number of ether oxygens (including phenoxy) is 1. The molecule has 0 saturated heterocycles. The molecule has 106 valence electrons. The van der Waals surface area contributed by atoms with Gasteiger partial charge < -0.3 is 9.64 Å². The number of esters is 1. The minimum atomic E-state index is -0.521. The summed E-state index contributed by atoms with van der Waals surface area (Å²) in [6, 6.07) is 0.278. The van der Waals surface area contributed by atoms with Gasteiger partial charge in [-0.25, -0.2) is 4.79 Å². The molecule has 0 aromatic rings. The van der Waals surface area contributed by atoms with Gasteiger partial charge in [0.25, 0.3) is 0 Å². The summed E-state index contributed by atoms with van der Waals surface area (Å²) in [4.78, 5) is 14.5. The molecule has 1 unspecified atom stereocenters. The third-order valence-corrected chi connectivity index (χ3v) is 3.49. The van der Waals surface area contributed by atoms with E-state index in [1.807, 2.05) is 0 Å². The van der Waals surface area contributed by atoms with E-state index >= 15 is 0 Å². The molecule has 4 nitrogen and oxygen atoms in total. The van der Waals surface area contributed by atoms with Gasteiger partial charge >= 0.3 is 5.97 Å². The van der Waals surface area contributed by atoms with E-state index in [1.54, 1.807) is 0 Å². The molecular weight excluding hydrogens is 228 g/mol. The molecule has 1 atom stereocenters. The van der Waals surface area contributed by atoms with Crippen molar-refractivity contribution in [3.8, 4) is 0 Å². The first kappa shape index (κ1) is 15.4. The van der Waals surface area contributed by atoms with E-state index in [0.717, 1.165) is 32.4 Å². The molecule has 0 spiro atoms. The molecule has 1 fully saturated rings. The minimum absolute atomic E-state index is 0.110. The van der Waals surface area contributed by atoms with Gasteiger partial charge in [0, 0.05) is 12.6 Å². The third kappa shape index (κ3) is 3.69. The van der Waals surface area contributed by atoms with Gasteiger partial charge in [-0.05, 0) is 52.6 Å². The van der Waals surface area contributed by atoms with Crippen molar-refractivity contribution in [2.75, 3.05) is 27.2 Å². The summed E-state index contributed by atoms with van der Waals surface area (Å²) < 4.78 is 5.07. The quantitative estimate of drug-likeness (QED) is 0.671. The first-order chi connectivity index (χ1) is 8.46. The Hall–Kier alpha value is -0.610. The maximum atomic E-state index is 12.3. The van der Waals surface area contributed by atoms with Crippen LogP contribution in [-0.2, 0) is 9.53 Å². The normalized spacial score (nSPS) is 19.1. The van der Waals surface area contributed by atoms with E-state index in [0.29, 0.717) is 5.92 Å². The summed E-state index contributed by atoms with van der Waals surface area (Å²) in [7, 11) is 3.56. The maximum Gasteiger partial charge on any atom is 0.327 e. The SMILES string of the molecule is CCCN(C)CC(NC(C)C)(C(=O)OC)C1CC1. The van der Waals surface area contributed by atoms with E-state index in [9.17, 15) is 4.79 Å². The fraction of sp³-hybridized carbons (Fsp3) is 0.929. The zero-order chi connectivity index (χ0) is 13.8. The van der Waals surface area contributed by atoms with Gasteiger partial charge in [-0.1, -0.05) is 6.92 Å². The molecule has 0 aliphatic heterocycles. The second-order valence-corrected chi connectivity index (χ2v) is 5.77. The predicted molar refractivity (Wildman–Crippen MR) is 73.5 cm³/mol. The highest BCUT2D eigenvalue weighted by molar-refractivity contribution is 5.82. The van der Waals surface area contributed by atoms with Crippen molar-refractivity contribution in [1.82, 2.24) is 10.2 Å². The van der Waals surface area contributed by atoms with Crippen LogP contribution < -0.4 is 5.32 Å². The van der Waals surface area contributed by atoms with Gasteiger partial charge in [0.2, 0.25) is 0 Å². The lowest BCUT2D eigenvalue weighted by Crippen LogP contribution is -2.62. The fourth-order valence-electron chi connectivity index (χ4n) is 2.74. The summed E-state index contributed by atoms with van der Waals surface area (Å²) in [5.74, 6) is 0.313. The molecule has 0 bridgehead atoms. The molecule has 0 heterocycles. The minimum Gasteiger partial charge on any atom is -0.468 e. The number of likely N-dealkylation sites (N-methyl/N-ethyl adjacent to an activating group) is 1. The van der Waals surface area contributed by atoms with Crippen molar-refractivity contribution in [2.45, 2.75) is 51.6 Å². The van der Waals surface area contributed by atoms with Crippen molar-refractivity contribution in [1.29, 1.82) is 0 Å². The van der Waals surface area contributed by atoms with Gasteiger partial charge in [0.15, 0.2) is 0 Å². The second kappa shape index (κ2) is 6.53. The Morgan fingerprint density at radius 1 is 1.50 bits per heavy atom. The van der Waals surface area contributed by atoms with Crippen LogP contribution in [0.25, 0.3) is 0 Å². The van der Waals surface area contributed by atoms with Gasteiger partial charge in [-0.15, -0.1) is 0 Å². The maximum absolute atomic E-state index is 12.3. The lowest BCUT2D eigenvalue weighted by Gasteiger charge is -2.37. The highest BCUT2D eigenvalue weighted by Gasteiger charge is 2.52. The molecule has 0 aromatic heterocycles. The van der Waals surface area contributed by atoms with Crippen molar-refractivity contribution < 1.29 is 9.53 Å². The van der Waals surface area contributed by atoms with Crippen LogP contribution in [0.2, 0.25) is 0 Å². The van der Waals surface area contributed by atoms with Gasteiger partial charge in [0.1, 0.15) is 5.54 Å². The fourth-order valence-corrected chi connectivity index (χ4v) is 2.74. The summed E-state index contributed by atoms with van der Waals surface area (Å²) >= 11 is 0. The van der Waals surface area contributed by atoms with Gasteiger partial charge in [-0.2, -0.15) is 0 Å². The zero-order valence-electron chi connectivity index (χ0n) is 12.5. The number of methoxy groups -OCH3 is 1. The molecule has 18 heavy (non-hydrogen) atoms. The number of nitrogens with zero attached hydrogens (tertiary/aromatic N) is 1. The number of carbonyl (C=O) groups is 1. The predicted octanol–water partition coefficient (Wildman–Crippen LogP) is 1.65. The number of carbonyl (C=O) groups excluding carboxylic acids is 1. The third-order valence-electron chi connectivity index (χ3n) is 3.49. The topological polar surface area (TPSA) is 41.6 Å². The Bertz CT molecular complexity index is 277. The molecule has 1 aliphatic carbocycles. The molecule has 1 N–H and O–H groups in total. The molecule has 0 aromatic carbocycles. The van der Waals surface area contributed by atoms with E-state index in [2.05, 4.69) is 38.0 Å². The Labute approximate surface area is 111 Å². The lowest BCUT2D eigenvalue weighted by molar-refractivity contribution is -0.151. The molecular formula is C14H28N2O2. The Morgan fingerprint density at radius 3 is 2.50 bits per heavy atom. The summed E-state index contributed by atoms with van der Waals surface area (Å²) in [6.45, 7) is 8.06. The monoisotopic (exact) mass is 256 g/mol. The van der Waals surface area contributed by atoms with Crippen LogP contribution in [0.1, 0.15) is 40.0 Å². The van der Waals surface area contributed by atoms with Gasteiger partial charge in [-0.3, -0.25) is 5.32 Å². The first-order valence-electron chi connectivity index (χ1n) is 7.01. The lowest BCUT2D eigenvalue weighted by atomic mass is 9.91. The van der Waals surface area contributed by atoms with Crippen LogP contribution >= 0.6 is 0 Å². The van der Waals surface area contributed by atoms with Crippen LogP contribution in [0.15, 0.2) is 0 Å². The van der Waals surface area contributed by atoms with Crippen LogP contribution in [0, 0.1) is 5.92 Å². The number of rotatable bonds is 8. The highest BCUT2D eigenvalue weighted by Crippen LogP contribution is 2.41. The highest BCUT2D eigenvalue weighted by atomic mass is 16.5. The Morgan fingerprint density at radius 2 is 2.11 bits per heavy atom. The molecule has 1 rings (SSSR count). The van der Waals surface area contributed by atoms with Crippen LogP contribution in [-0.4, -0.2) is 49.7 Å².